The van der Waals surface area contributed by atoms with Gasteiger partial charge in [0.05, 0.1) is 0 Å². The van der Waals surface area contributed by atoms with Crippen molar-refractivity contribution in [1.82, 2.24) is 0 Å². The summed E-state index contributed by atoms with van der Waals surface area (Å²) in [6.07, 6.45) is 14.9. The van der Waals surface area contributed by atoms with Crippen LogP contribution in [0.15, 0.2) is 0 Å². The average molecular weight is 282 g/mol. The quantitative estimate of drug-likeness (QED) is 0.557. The summed E-state index contributed by atoms with van der Waals surface area (Å²) in [5.41, 5.74) is 0. The van der Waals surface area contributed by atoms with E-state index < -0.39 is 5.97 Å². The van der Waals surface area contributed by atoms with Crippen molar-refractivity contribution < 1.29 is 14.7 Å². The van der Waals surface area contributed by atoms with Crippen molar-refractivity contribution in [1.29, 1.82) is 0 Å². The number of carbonyl (C=O) groups is 2. The highest BCUT2D eigenvalue weighted by molar-refractivity contribution is 5.81. The minimum absolute atomic E-state index is 0.315. The van der Waals surface area contributed by atoms with Gasteiger partial charge in [0, 0.05) is 18.8 Å². The highest BCUT2D eigenvalue weighted by Crippen LogP contribution is 2.25. The predicted molar refractivity (Wildman–Crippen MR) is 80.8 cm³/mol. The van der Waals surface area contributed by atoms with Crippen LogP contribution in [0.25, 0.3) is 0 Å². The van der Waals surface area contributed by atoms with Gasteiger partial charge in [0.25, 0.3) is 0 Å². The molecule has 20 heavy (non-hydrogen) atoms. The first-order chi connectivity index (χ1) is 9.70. The Morgan fingerprint density at radius 1 is 0.950 bits per heavy atom. The van der Waals surface area contributed by atoms with Gasteiger partial charge in [0.2, 0.25) is 0 Å². The first-order valence-corrected chi connectivity index (χ1v) is 8.44. The van der Waals surface area contributed by atoms with E-state index in [0.717, 1.165) is 44.9 Å². The summed E-state index contributed by atoms with van der Waals surface area (Å²) in [6.45, 7) is 0. The van der Waals surface area contributed by atoms with Crippen molar-refractivity contribution >= 4 is 11.8 Å². The molecular formula is C17H30O3. The summed E-state index contributed by atoms with van der Waals surface area (Å²) in [4.78, 5) is 22.0. The molecule has 0 radical (unpaired) electrons. The van der Waals surface area contributed by atoms with Crippen LogP contribution in [0.4, 0.5) is 0 Å². The van der Waals surface area contributed by atoms with Gasteiger partial charge in [-0.3, -0.25) is 9.59 Å². The first kappa shape index (κ1) is 17.2. The van der Waals surface area contributed by atoms with E-state index in [-0.39, 0.29) is 0 Å². The number of hydrogen-bond donors (Lipinski definition) is 1. The minimum atomic E-state index is -0.678. The van der Waals surface area contributed by atoms with Crippen LogP contribution in [0.2, 0.25) is 0 Å². The third kappa shape index (κ3) is 8.34. The maximum absolute atomic E-state index is 11.7. The van der Waals surface area contributed by atoms with E-state index in [1.807, 2.05) is 0 Å². The molecule has 1 aliphatic rings. The Morgan fingerprint density at radius 3 is 2.15 bits per heavy atom. The Hall–Kier alpha value is -0.860. The molecule has 0 amide bonds. The molecule has 1 saturated carbocycles. The van der Waals surface area contributed by atoms with Crippen LogP contribution >= 0.6 is 0 Å². The number of rotatable bonds is 11. The Kier molecular flexibility index (Phi) is 9.35. The number of ketones is 1. The molecule has 1 fully saturated rings. The second kappa shape index (κ2) is 10.9. The molecular weight excluding hydrogens is 252 g/mol. The van der Waals surface area contributed by atoms with Crippen molar-refractivity contribution in [2.45, 2.75) is 89.9 Å². The van der Waals surface area contributed by atoms with E-state index in [1.54, 1.807) is 0 Å². The van der Waals surface area contributed by atoms with Crippen LogP contribution in [0.1, 0.15) is 89.9 Å². The Balaban J connectivity index is 1.82. The molecule has 0 aromatic heterocycles. The number of hydrogen-bond acceptors (Lipinski definition) is 2. The summed E-state index contributed by atoms with van der Waals surface area (Å²) >= 11 is 0. The topological polar surface area (TPSA) is 54.4 Å². The van der Waals surface area contributed by atoms with E-state index in [1.165, 1.54) is 38.5 Å². The van der Waals surface area contributed by atoms with Gasteiger partial charge in [-0.1, -0.05) is 51.4 Å². The molecule has 1 atom stereocenters. The zero-order valence-electron chi connectivity index (χ0n) is 12.7. The van der Waals surface area contributed by atoms with E-state index in [9.17, 15) is 9.59 Å². The molecule has 0 aliphatic heterocycles. The standard InChI is InChI=1S/C17H30O3/c18-16-13-10-9-12-15(16)11-7-5-3-1-2-4-6-8-14-17(19)20/h15H,1-14H2,(H,19,20). The molecule has 0 heterocycles. The number of Topliss-reactive ketones (excluding diaryl/α,β-unsaturated/α-hetero) is 1. The summed E-state index contributed by atoms with van der Waals surface area (Å²) in [6, 6.07) is 0. The van der Waals surface area contributed by atoms with Gasteiger partial charge >= 0.3 is 5.97 Å². The van der Waals surface area contributed by atoms with Crippen molar-refractivity contribution in [3.63, 3.8) is 0 Å². The molecule has 0 aromatic rings. The lowest BCUT2D eigenvalue weighted by Gasteiger charge is -2.20. The first-order valence-electron chi connectivity index (χ1n) is 8.44. The Morgan fingerprint density at radius 2 is 1.55 bits per heavy atom. The van der Waals surface area contributed by atoms with Gasteiger partial charge in [0.15, 0.2) is 0 Å². The van der Waals surface area contributed by atoms with Crippen LogP contribution in [0, 0.1) is 5.92 Å². The van der Waals surface area contributed by atoms with Crippen LogP contribution in [-0.4, -0.2) is 16.9 Å². The fourth-order valence-corrected chi connectivity index (χ4v) is 3.09. The molecule has 1 rings (SSSR count). The van der Waals surface area contributed by atoms with Gasteiger partial charge in [-0.2, -0.15) is 0 Å². The summed E-state index contributed by atoms with van der Waals surface area (Å²) in [5.74, 6) is 0.205. The zero-order valence-corrected chi connectivity index (χ0v) is 12.7. The average Bonchev–Trinajstić information content (AvgIpc) is 2.42. The molecule has 1 unspecified atom stereocenters. The van der Waals surface area contributed by atoms with E-state index in [0.29, 0.717) is 18.1 Å². The smallest absolute Gasteiger partial charge is 0.303 e. The predicted octanol–water partition coefficient (Wildman–Crippen LogP) is 4.73. The van der Waals surface area contributed by atoms with Gasteiger partial charge < -0.3 is 5.11 Å². The maximum Gasteiger partial charge on any atom is 0.303 e. The molecule has 116 valence electrons. The fraction of sp³-hybridized carbons (Fsp3) is 0.882. The molecule has 0 aromatic carbocycles. The third-order valence-corrected chi connectivity index (χ3v) is 4.37. The van der Waals surface area contributed by atoms with Crippen LogP contribution in [0.5, 0.6) is 0 Å². The lowest BCUT2D eigenvalue weighted by Crippen LogP contribution is -2.18. The molecule has 3 heteroatoms. The lowest BCUT2D eigenvalue weighted by atomic mass is 9.84. The van der Waals surface area contributed by atoms with Gasteiger partial charge in [-0.25, -0.2) is 0 Å². The number of carbonyl (C=O) groups excluding carboxylic acids is 1. The largest absolute Gasteiger partial charge is 0.481 e. The van der Waals surface area contributed by atoms with E-state index in [4.69, 9.17) is 5.11 Å². The third-order valence-electron chi connectivity index (χ3n) is 4.37. The number of aliphatic carboxylic acids is 1. The number of carboxylic acids is 1. The normalized spacial score (nSPS) is 19.2. The molecule has 1 N–H and O–H groups in total. The van der Waals surface area contributed by atoms with Crippen LogP contribution in [-0.2, 0) is 9.59 Å². The highest BCUT2D eigenvalue weighted by atomic mass is 16.4. The highest BCUT2D eigenvalue weighted by Gasteiger charge is 2.20. The Labute approximate surface area is 123 Å². The van der Waals surface area contributed by atoms with Gasteiger partial charge in [0.1, 0.15) is 5.78 Å². The lowest BCUT2D eigenvalue weighted by molar-refractivity contribution is -0.137. The van der Waals surface area contributed by atoms with Gasteiger partial charge in [-0.05, 0) is 25.7 Å². The van der Waals surface area contributed by atoms with Crippen molar-refractivity contribution in [3.8, 4) is 0 Å². The zero-order chi connectivity index (χ0) is 14.6. The van der Waals surface area contributed by atoms with Crippen LogP contribution in [0.3, 0.4) is 0 Å². The van der Waals surface area contributed by atoms with Crippen molar-refractivity contribution in [2.75, 3.05) is 0 Å². The fourth-order valence-electron chi connectivity index (χ4n) is 3.09. The Bertz CT molecular complexity index is 286. The summed E-state index contributed by atoms with van der Waals surface area (Å²) < 4.78 is 0. The number of unbranched alkanes of at least 4 members (excludes halogenated alkanes) is 7. The molecule has 0 bridgehead atoms. The molecule has 0 saturated heterocycles. The van der Waals surface area contributed by atoms with E-state index in [2.05, 4.69) is 0 Å². The monoisotopic (exact) mass is 282 g/mol. The SMILES string of the molecule is O=C(O)CCCCCCCCCCC1CCCCC1=O. The maximum atomic E-state index is 11.7. The molecule has 3 nitrogen and oxygen atoms in total. The number of carboxylic acid groups (broad SMARTS) is 1. The molecule has 1 aliphatic carbocycles. The second-order valence-corrected chi connectivity index (χ2v) is 6.17. The van der Waals surface area contributed by atoms with E-state index >= 15 is 0 Å². The van der Waals surface area contributed by atoms with Crippen molar-refractivity contribution in [2.24, 2.45) is 5.92 Å². The summed E-state index contributed by atoms with van der Waals surface area (Å²) in [5, 5.41) is 8.52. The summed E-state index contributed by atoms with van der Waals surface area (Å²) in [7, 11) is 0. The molecule has 0 spiro atoms. The van der Waals surface area contributed by atoms with Crippen LogP contribution < -0.4 is 0 Å². The van der Waals surface area contributed by atoms with Gasteiger partial charge in [-0.15, -0.1) is 0 Å². The second-order valence-electron chi connectivity index (χ2n) is 6.17. The minimum Gasteiger partial charge on any atom is -0.481 e. The van der Waals surface area contributed by atoms with Crippen molar-refractivity contribution in [3.05, 3.63) is 0 Å².